The van der Waals surface area contributed by atoms with Crippen molar-refractivity contribution in [1.29, 1.82) is 0 Å². The zero-order chi connectivity index (χ0) is 16.1. The molecule has 3 rings (SSSR count). The van der Waals surface area contributed by atoms with Crippen molar-refractivity contribution < 1.29 is 9.53 Å². The Bertz CT molecular complexity index is 654. The summed E-state index contributed by atoms with van der Waals surface area (Å²) in [6.07, 6.45) is 5.68. The maximum atomic E-state index is 12.2. The van der Waals surface area contributed by atoms with Crippen LogP contribution in [0.15, 0.2) is 36.9 Å². The minimum Gasteiger partial charge on any atom is -0.492 e. The monoisotopic (exact) mass is 387 g/mol. The summed E-state index contributed by atoms with van der Waals surface area (Å²) in [6, 6.07) is 7.56. The Morgan fingerprint density at radius 1 is 1.36 bits per heavy atom. The van der Waals surface area contributed by atoms with Gasteiger partial charge in [-0.25, -0.2) is 9.67 Å². The van der Waals surface area contributed by atoms with Crippen LogP contribution in [0.4, 0.5) is 5.69 Å². The van der Waals surface area contributed by atoms with Crippen LogP contribution >= 0.6 is 24.8 Å². The van der Waals surface area contributed by atoms with Gasteiger partial charge in [-0.05, 0) is 31.4 Å². The van der Waals surface area contributed by atoms with Gasteiger partial charge in [0.1, 0.15) is 25.0 Å². The van der Waals surface area contributed by atoms with Gasteiger partial charge in [-0.1, -0.05) is 6.07 Å². The van der Waals surface area contributed by atoms with Crippen LogP contribution in [0.2, 0.25) is 0 Å². The van der Waals surface area contributed by atoms with E-state index in [2.05, 4.69) is 15.4 Å². The fourth-order valence-corrected chi connectivity index (χ4v) is 2.77. The second kappa shape index (κ2) is 10.2. The van der Waals surface area contributed by atoms with Crippen molar-refractivity contribution in [2.75, 3.05) is 11.9 Å². The number of hydrogen-bond acceptors (Lipinski definition) is 5. The van der Waals surface area contributed by atoms with Crippen LogP contribution < -0.4 is 15.8 Å². The molecule has 7 nitrogen and oxygen atoms in total. The number of carbonyl (C=O) groups excluding carboxylic acids is 1. The van der Waals surface area contributed by atoms with Gasteiger partial charge in [0.15, 0.2) is 0 Å². The first-order chi connectivity index (χ1) is 11.2. The van der Waals surface area contributed by atoms with Crippen LogP contribution in [0, 0.1) is 5.92 Å². The van der Waals surface area contributed by atoms with Crippen LogP contribution in [0.25, 0.3) is 0 Å². The molecule has 1 aliphatic rings. The van der Waals surface area contributed by atoms with Crippen molar-refractivity contribution in [3.8, 4) is 5.75 Å². The van der Waals surface area contributed by atoms with Gasteiger partial charge in [0, 0.05) is 23.7 Å². The molecule has 2 aromatic rings. The van der Waals surface area contributed by atoms with E-state index in [1.165, 1.54) is 6.33 Å². The Kier molecular flexibility index (Phi) is 8.68. The molecule has 0 spiro atoms. The first-order valence-electron chi connectivity index (χ1n) is 7.82. The Balaban J connectivity index is 0.00000156. The third-order valence-corrected chi connectivity index (χ3v) is 4.00. The van der Waals surface area contributed by atoms with Crippen molar-refractivity contribution in [3.05, 3.63) is 36.9 Å². The number of hydrogen-bond donors (Lipinski definition) is 2. The second-order valence-electron chi connectivity index (χ2n) is 5.79. The van der Waals surface area contributed by atoms with E-state index in [-0.39, 0.29) is 42.7 Å². The van der Waals surface area contributed by atoms with Gasteiger partial charge in [0.2, 0.25) is 5.91 Å². The number of amides is 1. The highest BCUT2D eigenvalue weighted by atomic mass is 35.5. The van der Waals surface area contributed by atoms with Gasteiger partial charge in [-0.3, -0.25) is 4.79 Å². The van der Waals surface area contributed by atoms with Crippen LogP contribution in [0.5, 0.6) is 5.75 Å². The number of ether oxygens (including phenoxy) is 1. The predicted octanol–water partition coefficient (Wildman–Crippen LogP) is 2.27. The molecule has 1 aromatic heterocycles. The molecular weight excluding hydrogens is 365 g/mol. The molecule has 1 aromatic carbocycles. The third kappa shape index (κ3) is 6.19. The van der Waals surface area contributed by atoms with Crippen molar-refractivity contribution in [1.82, 2.24) is 14.8 Å². The number of rotatable bonds is 6. The van der Waals surface area contributed by atoms with E-state index in [0.717, 1.165) is 24.9 Å². The molecule has 9 heteroatoms. The summed E-state index contributed by atoms with van der Waals surface area (Å²) in [7, 11) is 0. The van der Waals surface area contributed by atoms with E-state index in [1.54, 1.807) is 11.0 Å². The minimum absolute atomic E-state index is 0. The maximum absolute atomic E-state index is 12.2. The highest BCUT2D eigenvalue weighted by molar-refractivity contribution is 5.92. The summed E-state index contributed by atoms with van der Waals surface area (Å²) in [4.78, 5) is 16.1. The van der Waals surface area contributed by atoms with Gasteiger partial charge in [-0.2, -0.15) is 5.10 Å². The van der Waals surface area contributed by atoms with E-state index in [4.69, 9.17) is 10.5 Å². The lowest BCUT2D eigenvalue weighted by Crippen LogP contribution is -2.23. The summed E-state index contributed by atoms with van der Waals surface area (Å²) in [5.41, 5.74) is 6.61. The lowest BCUT2D eigenvalue weighted by Gasteiger charge is -2.12. The van der Waals surface area contributed by atoms with Crippen LogP contribution in [-0.2, 0) is 11.3 Å². The van der Waals surface area contributed by atoms with E-state index < -0.39 is 0 Å². The summed E-state index contributed by atoms with van der Waals surface area (Å²) in [5, 5.41) is 6.96. The zero-order valence-electron chi connectivity index (χ0n) is 13.7. The SMILES string of the molecule is Cl.Cl.NC1CCC(C(=O)Nc2cccc(OCCn3cncn3)c2)C1. The first-order valence-corrected chi connectivity index (χ1v) is 7.82. The van der Waals surface area contributed by atoms with Gasteiger partial charge in [-0.15, -0.1) is 24.8 Å². The number of nitrogens with zero attached hydrogens (tertiary/aromatic N) is 3. The summed E-state index contributed by atoms with van der Waals surface area (Å²) < 4.78 is 7.39. The number of halogens is 2. The van der Waals surface area contributed by atoms with E-state index in [1.807, 2.05) is 24.3 Å². The molecule has 0 bridgehead atoms. The Morgan fingerprint density at radius 2 is 2.20 bits per heavy atom. The second-order valence-corrected chi connectivity index (χ2v) is 5.79. The fraction of sp³-hybridized carbons (Fsp3) is 0.438. The van der Waals surface area contributed by atoms with E-state index in [0.29, 0.717) is 18.9 Å². The first kappa shape index (κ1) is 21.2. The summed E-state index contributed by atoms with van der Waals surface area (Å²) >= 11 is 0. The summed E-state index contributed by atoms with van der Waals surface area (Å²) in [5.74, 6) is 0.769. The van der Waals surface area contributed by atoms with Crippen molar-refractivity contribution in [2.24, 2.45) is 11.7 Å². The van der Waals surface area contributed by atoms with Crippen LogP contribution in [0.3, 0.4) is 0 Å². The molecule has 1 saturated carbocycles. The minimum atomic E-state index is 0. The number of nitrogens with one attached hydrogen (secondary N) is 1. The average molecular weight is 388 g/mol. The molecule has 138 valence electrons. The van der Waals surface area contributed by atoms with Gasteiger partial charge < -0.3 is 15.8 Å². The number of benzene rings is 1. The third-order valence-electron chi connectivity index (χ3n) is 4.00. The van der Waals surface area contributed by atoms with Gasteiger partial charge in [0.25, 0.3) is 0 Å². The fourth-order valence-electron chi connectivity index (χ4n) is 2.77. The molecule has 25 heavy (non-hydrogen) atoms. The molecule has 3 N–H and O–H groups in total. The highest BCUT2D eigenvalue weighted by Crippen LogP contribution is 2.26. The number of carbonyl (C=O) groups is 1. The molecule has 0 aliphatic heterocycles. The van der Waals surface area contributed by atoms with Crippen LogP contribution in [0.1, 0.15) is 19.3 Å². The van der Waals surface area contributed by atoms with Gasteiger partial charge >= 0.3 is 0 Å². The van der Waals surface area contributed by atoms with Crippen molar-refractivity contribution in [2.45, 2.75) is 31.8 Å². The average Bonchev–Trinajstić information content (AvgIpc) is 3.19. The molecular formula is C16H23Cl2N5O2. The van der Waals surface area contributed by atoms with Gasteiger partial charge in [0.05, 0.1) is 6.54 Å². The van der Waals surface area contributed by atoms with E-state index in [9.17, 15) is 4.79 Å². The Hall–Kier alpha value is -1.83. The largest absolute Gasteiger partial charge is 0.492 e. The smallest absolute Gasteiger partial charge is 0.227 e. The quantitative estimate of drug-likeness (QED) is 0.792. The topological polar surface area (TPSA) is 95.1 Å². The Labute approximate surface area is 159 Å². The zero-order valence-corrected chi connectivity index (χ0v) is 15.3. The lowest BCUT2D eigenvalue weighted by molar-refractivity contribution is -0.119. The van der Waals surface area contributed by atoms with Crippen molar-refractivity contribution in [3.63, 3.8) is 0 Å². The molecule has 0 saturated heterocycles. The molecule has 1 fully saturated rings. The molecule has 2 unspecified atom stereocenters. The molecule has 2 atom stereocenters. The Morgan fingerprint density at radius 3 is 2.88 bits per heavy atom. The maximum Gasteiger partial charge on any atom is 0.227 e. The standard InChI is InChI=1S/C16H21N5O2.2ClH/c17-13-5-4-12(8-13)16(22)20-14-2-1-3-15(9-14)23-7-6-21-11-18-10-19-21;;/h1-3,9-13H,4-8,17H2,(H,20,22);2*1H. The number of anilines is 1. The molecule has 1 amide bonds. The normalized spacial score (nSPS) is 18.8. The van der Waals surface area contributed by atoms with Crippen LogP contribution in [-0.4, -0.2) is 33.3 Å². The highest BCUT2D eigenvalue weighted by Gasteiger charge is 2.27. The molecule has 1 heterocycles. The summed E-state index contributed by atoms with van der Waals surface area (Å²) in [6.45, 7) is 1.11. The van der Waals surface area contributed by atoms with E-state index >= 15 is 0 Å². The predicted molar refractivity (Wildman–Crippen MR) is 100 cm³/mol. The molecule has 1 aliphatic carbocycles. The number of aromatic nitrogens is 3. The number of nitrogens with two attached hydrogens (primary N) is 1. The molecule has 0 radical (unpaired) electrons. The van der Waals surface area contributed by atoms with Crippen molar-refractivity contribution >= 4 is 36.4 Å². The lowest BCUT2D eigenvalue weighted by atomic mass is 10.1.